The number of anilines is 1. The van der Waals surface area contributed by atoms with Crippen LogP contribution < -0.4 is 4.90 Å². The number of allylic oxidation sites excluding steroid dienone is 1. The summed E-state index contributed by atoms with van der Waals surface area (Å²) < 4.78 is 1.14. The third-order valence-corrected chi connectivity index (χ3v) is 4.89. The van der Waals surface area contributed by atoms with Gasteiger partial charge in [0, 0.05) is 11.8 Å². The number of β-lactam (4-membered cyclic amide) rings is 1. The average Bonchev–Trinajstić information content (AvgIpc) is 2.97. The molecule has 1 aliphatic heterocycles. The van der Waals surface area contributed by atoms with Gasteiger partial charge in [0.15, 0.2) is 0 Å². The summed E-state index contributed by atoms with van der Waals surface area (Å²) in [6.45, 7) is 1.90. The number of carbonyl (C=O) groups is 1. The van der Waals surface area contributed by atoms with E-state index in [-0.39, 0.29) is 11.9 Å². The number of rotatable bonds is 2. The number of fused-ring (bicyclic) bond motifs is 1. The van der Waals surface area contributed by atoms with Gasteiger partial charge < -0.3 is 0 Å². The van der Waals surface area contributed by atoms with Crippen LogP contribution in [0.3, 0.4) is 0 Å². The van der Waals surface area contributed by atoms with E-state index in [0.717, 1.165) is 26.5 Å². The Morgan fingerprint density at radius 2 is 2.09 bits per heavy atom. The average molecular weight is 307 g/mol. The normalized spacial score (nSPS) is 19.7. The molecule has 4 rings (SSSR count). The highest BCUT2D eigenvalue weighted by Gasteiger charge is 2.45. The minimum Gasteiger partial charge on any atom is -0.293 e. The minimum absolute atomic E-state index is 0.0276. The SMILES string of the molecule is C/C=C1\C(=O)N(c2cccnc2)C1c1nc2ccccc2s1. The van der Waals surface area contributed by atoms with E-state index in [9.17, 15) is 4.79 Å². The van der Waals surface area contributed by atoms with Crippen LogP contribution in [0, 0.1) is 0 Å². The van der Waals surface area contributed by atoms with Crippen molar-refractivity contribution >= 4 is 33.1 Å². The molecule has 0 radical (unpaired) electrons. The van der Waals surface area contributed by atoms with Crippen LogP contribution in [0.2, 0.25) is 0 Å². The van der Waals surface area contributed by atoms with E-state index in [1.165, 1.54) is 0 Å². The summed E-state index contributed by atoms with van der Waals surface area (Å²) in [5.74, 6) is 0.0276. The third-order valence-electron chi connectivity index (χ3n) is 3.80. The standard InChI is InChI=1S/C17H13N3OS/c1-2-12-15(16-19-13-7-3-4-8-14(13)22-16)20(17(12)21)11-6-5-9-18-10-11/h2-10,15H,1H3/b12-2-. The maximum absolute atomic E-state index is 12.4. The van der Waals surface area contributed by atoms with Crippen molar-refractivity contribution in [3.8, 4) is 0 Å². The Bertz CT molecular complexity index is 852. The van der Waals surface area contributed by atoms with E-state index in [0.29, 0.717) is 0 Å². The van der Waals surface area contributed by atoms with Gasteiger partial charge in [-0.25, -0.2) is 4.98 Å². The highest BCUT2D eigenvalue weighted by Crippen LogP contribution is 2.44. The molecule has 1 aliphatic rings. The Morgan fingerprint density at radius 3 is 2.82 bits per heavy atom. The number of carbonyl (C=O) groups excluding carboxylic acids is 1. The van der Waals surface area contributed by atoms with Crippen LogP contribution in [0.5, 0.6) is 0 Å². The minimum atomic E-state index is -0.112. The van der Waals surface area contributed by atoms with Crippen LogP contribution in [0.1, 0.15) is 18.0 Å². The Labute approximate surface area is 131 Å². The van der Waals surface area contributed by atoms with E-state index >= 15 is 0 Å². The lowest BCUT2D eigenvalue weighted by atomic mass is 9.94. The molecular weight excluding hydrogens is 294 g/mol. The molecule has 1 atom stereocenters. The van der Waals surface area contributed by atoms with Gasteiger partial charge in [-0.1, -0.05) is 18.2 Å². The fourth-order valence-corrected chi connectivity index (χ4v) is 3.82. The second kappa shape index (κ2) is 5.03. The number of aromatic nitrogens is 2. The van der Waals surface area contributed by atoms with Gasteiger partial charge in [0.25, 0.3) is 5.91 Å². The Balaban J connectivity index is 1.81. The smallest absolute Gasteiger partial charge is 0.257 e. The maximum Gasteiger partial charge on any atom is 0.257 e. The molecule has 3 aromatic rings. The lowest BCUT2D eigenvalue weighted by molar-refractivity contribution is -0.119. The molecule has 1 fully saturated rings. The summed E-state index contributed by atoms with van der Waals surface area (Å²) in [5.41, 5.74) is 2.58. The lowest BCUT2D eigenvalue weighted by Gasteiger charge is -2.41. The summed E-state index contributed by atoms with van der Waals surface area (Å²) in [4.78, 5) is 23.0. The number of para-hydroxylation sites is 1. The molecule has 108 valence electrons. The maximum atomic E-state index is 12.4. The van der Waals surface area contributed by atoms with Crippen LogP contribution in [-0.2, 0) is 4.79 Å². The van der Waals surface area contributed by atoms with Gasteiger partial charge in [0.1, 0.15) is 11.0 Å². The van der Waals surface area contributed by atoms with Crippen LogP contribution in [0.4, 0.5) is 5.69 Å². The van der Waals surface area contributed by atoms with Crippen LogP contribution in [-0.4, -0.2) is 15.9 Å². The zero-order chi connectivity index (χ0) is 15.1. The topological polar surface area (TPSA) is 46.1 Å². The van der Waals surface area contributed by atoms with Gasteiger partial charge >= 0.3 is 0 Å². The van der Waals surface area contributed by atoms with Crippen molar-refractivity contribution in [3.63, 3.8) is 0 Å². The molecule has 4 nitrogen and oxygen atoms in total. The highest BCUT2D eigenvalue weighted by atomic mass is 32.1. The monoisotopic (exact) mass is 307 g/mol. The Morgan fingerprint density at radius 1 is 1.23 bits per heavy atom. The number of benzene rings is 1. The summed E-state index contributed by atoms with van der Waals surface area (Å²) in [6, 6.07) is 11.7. The van der Waals surface area contributed by atoms with Gasteiger partial charge in [0.05, 0.1) is 22.1 Å². The molecule has 1 aromatic carbocycles. The summed E-state index contributed by atoms with van der Waals surface area (Å²) >= 11 is 1.63. The first-order chi connectivity index (χ1) is 10.8. The first-order valence-corrected chi connectivity index (χ1v) is 7.86. The lowest BCUT2D eigenvalue weighted by Crippen LogP contribution is -2.49. The van der Waals surface area contributed by atoms with E-state index in [4.69, 9.17) is 4.98 Å². The zero-order valence-corrected chi connectivity index (χ0v) is 12.7. The molecule has 0 N–H and O–H groups in total. The third kappa shape index (κ3) is 1.86. The number of hydrogen-bond acceptors (Lipinski definition) is 4. The quantitative estimate of drug-likeness (QED) is 0.535. The van der Waals surface area contributed by atoms with Crippen molar-refractivity contribution in [3.05, 3.63) is 65.4 Å². The predicted molar refractivity (Wildman–Crippen MR) is 87.8 cm³/mol. The number of nitrogens with zero attached hydrogens (tertiary/aromatic N) is 3. The number of amides is 1. The number of pyridine rings is 1. The second-order valence-corrected chi connectivity index (χ2v) is 6.11. The van der Waals surface area contributed by atoms with E-state index in [1.807, 2.05) is 43.3 Å². The predicted octanol–water partition coefficient (Wildman–Crippen LogP) is 3.73. The Kier molecular flexibility index (Phi) is 3.01. The summed E-state index contributed by atoms with van der Waals surface area (Å²) in [6.07, 6.45) is 5.30. The molecule has 2 aromatic heterocycles. The molecule has 0 saturated carbocycles. The van der Waals surface area contributed by atoms with E-state index in [2.05, 4.69) is 11.1 Å². The number of hydrogen-bond donors (Lipinski definition) is 0. The highest BCUT2D eigenvalue weighted by molar-refractivity contribution is 7.18. The van der Waals surface area contributed by atoms with Gasteiger partial charge in [-0.3, -0.25) is 14.7 Å². The number of thiazole rings is 1. The molecule has 0 bridgehead atoms. The molecule has 3 heterocycles. The van der Waals surface area contributed by atoms with Crippen LogP contribution in [0.25, 0.3) is 10.2 Å². The van der Waals surface area contributed by atoms with Crippen LogP contribution in [0.15, 0.2) is 60.4 Å². The first-order valence-electron chi connectivity index (χ1n) is 7.05. The fraction of sp³-hybridized carbons (Fsp3) is 0.118. The van der Waals surface area contributed by atoms with Gasteiger partial charge in [-0.05, 0) is 31.2 Å². The fourth-order valence-electron chi connectivity index (χ4n) is 2.74. The zero-order valence-electron chi connectivity index (χ0n) is 11.9. The van der Waals surface area contributed by atoms with E-state index < -0.39 is 0 Å². The van der Waals surface area contributed by atoms with E-state index in [1.54, 1.807) is 28.6 Å². The Hall–Kier alpha value is -2.53. The molecule has 1 unspecified atom stereocenters. The van der Waals surface area contributed by atoms with Gasteiger partial charge in [-0.15, -0.1) is 11.3 Å². The van der Waals surface area contributed by atoms with Crippen LogP contribution >= 0.6 is 11.3 Å². The second-order valence-electron chi connectivity index (χ2n) is 5.05. The van der Waals surface area contributed by atoms with Crippen molar-refractivity contribution in [2.24, 2.45) is 0 Å². The summed E-state index contributed by atoms with van der Waals surface area (Å²) in [5, 5.41) is 0.942. The molecule has 22 heavy (non-hydrogen) atoms. The molecule has 5 heteroatoms. The van der Waals surface area contributed by atoms with Crippen molar-refractivity contribution in [1.29, 1.82) is 0 Å². The summed E-state index contributed by atoms with van der Waals surface area (Å²) in [7, 11) is 0. The molecule has 0 aliphatic carbocycles. The van der Waals surface area contributed by atoms with Crippen molar-refractivity contribution in [2.75, 3.05) is 4.90 Å². The van der Waals surface area contributed by atoms with Crippen molar-refractivity contribution in [1.82, 2.24) is 9.97 Å². The molecule has 0 spiro atoms. The van der Waals surface area contributed by atoms with Crippen molar-refractivity contribution in [2.45, 2.75) is 13.0 Å². The van der Waals surface area contributed by atoms with Gasteiger partial charge in [-0.2, -0.15) is 0 Å². The largest absolute Gasteiger partial charge is 0.293 e. The molecule has 1 saturated heterocycles. The molecular formula is C17H13N3OS. The first kappa shape index (κ1) is 13.2. The van der Waals surface area contributed by atoms with Crippen molar-refractivity contribution < 1.29 is 4.79 Å². The van der Waals surface area contributed by atoms with Gasteiger partial charge in [0.2, 0.25) is 0 Å². The molecule has 1 amide bonds.